The Morgan fingerprint density at radius 1 is 1.21 bits per heavy atom. The summed E-state index contributed by atoms with van der Waals surface area (Å²) in [5.74, 6) is 0. The third-order valence-corrected chi connectivity index (χ3v) is 4.74. The molecular formula is C12H13BrS. The van der Waals surface area contributed by atoms with Gasteiger partial charge in [-0.25, -0.2) is 0 Å². The fraction of sp³-hybridized carbons (Fsp3) is 0.333. The van der Waals surface area contributed by atoms with Crippen molar-refractivity contribution in [3.05, 3.63) is 41.3 Å². The Bertz CT molecular complexity index is 318. The van der Waals surface area contributed by atoms with Gasteiger partial charge in [0.15, 0.2) is 0 Å². The third kappa shape index (κ3) is 2.64. The molecule has 0 radical (unpaired) electrons. The van der Waals surface area contributed by atoms with E-state index in [1.54, 1.807) is 0 Å². The number of thioether (sulfide) groups is 1. The lowest BCUT2D eigenvalue weighted by Crippen LogP contribution is -2.04. The Hall–Kier alpha value is -0.210. The highest BCUT2D eigenvalue weighted by Crippen LogP contribution is 2.37. The average Bonchev–Trinajstić information content (AvgIpc) is 2.23. The van der Waals surface area contributed by atoms with E-state index in [-0.39, 0.29) is 0 Å². The van der Waals surface area contributed by atoms with Crippen LogP contribution in [0.4, 0.5) is 0 Å². The topological polar surface area (TPSA) is 0 Å². The number of benzene rings is 1. The average molecular weight is 269 g/mol. The van der Waals surface area contributed by atoms with E-state index in [1.165, 1.54) is 29.1 Å². The van der Waals surface area contributed by atoms with E-state index in [2.05, 4.69) is 52.3 Å². The molecule has 1 aliphatic rings. The molecule has 1 aliphatic carbocycles. The highest BCUT2D eigenvalue weighted by atomic mass is 79.9. The van der Waals surface area contributed by atoms with Gasteiger partial charge in [0.05, 0.1) is 0 Å². The summed E-state index contributed by atoms with van der Waals surface area (Å²) < 4.78 is 0. The van der Waals surface area contributed by atoms with Crippen LogP contribution in [0.5, 0.6) is 0 Å². The van der Waals surface area contributed by atoms with Gasteiger partial charge in [0.25, 0.3) is 0 Å². The van der Waals surface area contributed by atoms with Gasteiger partial charge in [-0.1, -0.05) is 52.0 Å². The molecule has 0 N–H and O–H groups in total. The normalized spacial score (nSPS) is 21.8. The van der Waals surface area contributed by atoms with E-state index < -0.39 is 0 Å². The van der Waals surface area contributed by atoms with Crippen molar-refractivity contribution in [2.45, 2.75) is 29.0 Å². The van der Waals surface area contributed by atoms with Crippen molar-refractivity contribution in [3.8, 4) is 0 Å². The number of hydrogen-bond acceptors (Lipinski definition) is 1. The molecule has 2 rings (SSSR count). The van der Waals surface area contributed by atoms with Crippen molar-refractivity contribution >= 4 is 27.7 Å². The van der Waals surface area contributed by atoms with Crippen molar-refractivity contribution < 1.29 is 0 Å². The zero-order valence-corrected chi connectivity index (χ0v) is 10.4. The third-order valence-electron chi connectivity index (χ3n) is 2.29. The molecule has 74 valence electrons. The van der Waals surface area contributed by atoms with Crippen LogP contribution >= 0.6 is 27.7 Å². The predicted molar refractivity (Wildman–Crippen MR) is 66.9 cm³/mol. The summed E-state index contributed by atoms with van der Waals surface area (Å²) in [5.41, 5.74) is 0. The van der Waals surface area contributed by atoms with Crippen molar-refractivity contribution in [2.24, 2.45) is 0 Å². The summed E-state index contributed by atoms with van der Waals surface area (Å²) in [5, 5.41) is 0. The first-order chi connectivity index (χ1) is 6.86. The molecule has 0 bridgehead atoms. The Kier molecular flexibility index (Phi) is 3.71. The summed E-state index contributed by atoms with van der Waals surface area (Å²) in [4.78, 5) is 3.38. The maximum Gasteiger partial charge on any atom is 0.0455 e. The molecule has 1 atom stereocenters. The van der Waals surface area contributed by atoms with Gasteiger partial charge < -0.3 is 0 Å². The molecule has 0 aliphatic heterocycles. The van der Waals surface area contributed by atoms with Crippen LogP contribution in [0.15, 0.2) is 46.2 Å². The van der Waals surface area contributed by atoms with Crippen molar-refractivity contribution in [1.29, 1.82) is 0 Å². The van der Waals surface area contributed by atoms with Gasteiger partial charge in [0.2, 0.25) is 0 Å². The van der Waals surface area contributed by atoms with Crippen LogP contribution in [-0.4, -0.2) is 4.83 Å². The van der Waals surface area contributed by atoms with E-state index in [1.807, 2.05) is 11.8 Å². The molecule has 1 aromatic rings. The minimum atomic E-state index is 0.571. The van der Waals surface area contributed by atoms with Crippen molar-refractivity contribution in [2.75, 3.05) is 0 Å². The zero-order valence-electron chi connectivity index (χ0n) is 7.95. The van der Waals surface area contributed by atoms with Gasteiger partial charge >= 0.3 is 0 Å². The molecule has 0 amide bonds. The van der Waals surface area contributed by atoms with E-state index in [0.717, 1.165) is 0 Å². The predicted octanol–water partition coefficient (Wildman–Crippen LogP) is 4.61. The number of halogens is 1. The Labute approximate surface area is 97.9 Å². The maximum atomic E-state index is 3.72. The molecule has 0 saturated carbocycles. The van der Waals surface area contributed by atoms with Crippen LogP contribution in [0, 0.1) is 0 Å². The summed E-state index contributed by atoms with van der Waals surface area (Å²) in [6, 6.07) is 10.6. The lowest BCUT2D eigenvalue weighted by atomic mass is 10.1. The number of hydrogen-bond donors (Lipinski definition) is 0. The van der Waals surface area contributed by atoms with Gasteiger partial charge in [0, 0.05) is 9.72 Å². The van der Waals surface area contributed by atoms with Crippen LogP contribution in [0.2, 0.25) is 0 Å². The van der Waals surface area contributed by atoms with Crippen LogP contribution in [0.25, 0.3) is 0 Å². The number of allylic oxidation sites excluding steroid dienone is 2. The second kappa shape index (κ2) is 5.04. The molecule has 1 aromatic carbocycles. The standard InChI is InChI=1S/C12H13BrS/c13-11-8-4-5-9-12(11)14-10-6-2-1-3-7-10/h1-3,6-7,9,11H,4-5,8H2. The zero-order chi connectivity index (χ0) is 9.80. The highest BCUT2D eigenvalue weighted by Gasteiger charge is 2.15. The second-order valence-electron chi connectivity index (χ2n) is 3.42. The summed E-state index contributed by atoms with van der Waals surface area (Å²) >= 11 is 5.61. The SMILES string of the molecule is BrC1CCCC=C1Sc1ccccc1. The van der Waals surface area contributed by atoms with Gasteiger partial charge in [-0.15, -0.1) is 0 Å². The fourth-order valence-corrected chi connectivity index (χ4v) is 3.35. The molecular weight excluding hydrogens is 256 g/mol. The molecule has 0 fully saturated rings. The lowest BCUT2D eigenvalue weighted by molar-refractivity contribution is 0.741. The first-order valence-electron chi connectivity index (χ1n) is 4.93. The molecule has 14 heavy (non-hydrogen) atoms. The van der Waals surface area contributed by atoms with Crippen LogP contribution in [-0.2, 0) is 0 Å². The Balaban J connectivity index is 2.07. The van der Waals surface area contributed by atoms with Gasteiger partial charge in [0.1, 0.15) is 0 Å². The number of rotatable bonds is 2. The first kappa shape index (κ1) is 10.3. The highest BCUT2D eigenvalue weighted by molar-refractivity contribution is 9.09. The quantitative estimate of drug-likeness (QED) is 0.706. The molecule has 0 saturated heterocycles. The molecule has 0 aromatic heterocycles. The molecule has 0 heterocycles. The van der Waals surface area contributed by atoms with E-state index in [0.29, 0.717) is 4.83 Å². The second-order valence-corrected chi connectivity index (χ2v) is 5.67. The van der Waals surface area contributed by atoms with Gasteiger partial charge in [-0.05, 0) is 36.3 Å². The minimum absolute atomic E-state index is 0.571. The maximum absolute atomic E-state index is 3.72. The minimum Gasteiger partial charge on any atom is -0.0937 e. The Morgan fingerprint density at radius 3 is 2.71 bits per heavy atom. The smallest absolute Gasteiger partial charge is 0.0455 e. The van der Waals surface area contributed by atoms with Crippen LogP contribution in [0.3, 0.4) is 0 Å². The van der Waals surface area contributed by atoms with E-state index in [9.17, 15) is 0 Å². The van der Waals surface area contributed by atoms with Crippen molar-refractivity contribution in [3.63, 3.8) is 0 Å². The van der Waals surface area contributed by atoms with Crippen molar-refractivity contribution in [1.82, 2.24) is 0 Å². The molecule has 0 nitrogen and oxygen atoms in total. The Morgan fingerprint density at radius 2 is 2.00 bits per heavy atom. The van der Waals surface area contributed by atoms with Crippen LogP contribution in [0.1, 0.15) is 19.3 Å². The molecule has 2 heteroatoms. The van der Waals surface area contributed by atoms with Crippen LogP contribution < -0.4 is 0 Å². The fourth-order valence-electron chi connectivity index (χ4n) is 1.54. The first-order valence-corrected chi connectivity index (χ1v) is 6.66. The summed E-state index contributed by atoms with van der Waals surface area (Å²) in [7, 11) is 0. The largest absolute Gasteiger partial charge is 0.0937 e. The van der Waals surface area contributed by atoms with E-state index in [4.69, 9.17) is 0 Å². The monoisotopic (exact) mass is 268 g/mol. The summed E-state index contributed by atoms with van der Waals surface area (Å²) in [6.45, 7) is 0. The molecule has 0 spiro atoms. The van der Waals surface area contributed by atoms with Gasteiger partial charge in [-0.3, -0.25) is 0 Å². The number of alkyl halides is 1. The summed E-state index contributed by atoms with van der Waals surface area (Å²) in [6.07, 6.45) is 6.18. The van der Waals surface area contributed by atoms with E-state index >= 15 is 0 Å². The van der Waals surface area contributed by atoms with Gasteiger partial charge in [-0.2, -0.15) is 0 Å². The molecule has 1 unspecified atom stereocenters. The lowest BCUT2D eigenvalue weighted by Gasteiger charge is -2.18.